The van der Waals surface area contributed by atoms with E-state index in [-0.39, 0.29) is 0 Å². The molecule has 0 atom stereocenters. The highest BCUT2D eigenvalue weighted by Gasteiger charge is 2.09. The Hall–Kier alpha value is -1.94. The fourth-order valence-corrected chi connectivity index (χ4v) is 4.11. The summed E-state index contributed by atoms with van der Waals surface area (Å²) in [6.45, 7) is 2.08. The van der Waals surface area contributed by atoms with Crippen LogP contribution in [-0.2, 0) is 0 Å². The highest BCUT2D eigenvalue weighted by Crippen LogP contribution is 2.32. The van der Waals surface area contributed by atoms with Gasteiger partial charge in [-0.15, -0.1) is 0 Å². The largest absolute Gasteiger partial charge is 0.241 e. The normalized spacial score (nSPS) is 12.2. The van der Waals surface area contributed by atoms with Gasteiger partial charge in [-0.05, 0) is 54.3 Å². The first-order chi connectivity index (χ1) is 12.7. The average Bonchev–Trinajstić information content (AvgIpc) is 2.69. The number of para-hydroxylation sites is 1. The minimum absolute atomic E-state index is 0.738. The van der Waals surface area contributed by atoms with Gasteiger partial charge in [0.05, 0.1) is 10.7 Å². The second kappa shape index (κ2) is 9.67. The van der Waals surface area contributed by atoms with Crippen molar-refractivity contribution in [3.8, 4) is 0 Å². The van der Waals surface area contributed by atoms with Gasteiger partial charge in [0.1, 0.15) is 5.04 Å². The maximum Gasteiger partial charge on any atom is 0.105 e. The van der Waals surface area contributed by atoms with Gasteiger partial charge in [0.25, 0.3) is 0 Å². The minimum atomic E-state index is 0.738. The van der Waals surface area contributed by atoms with E-state index in [1.165, 1.54) is 4.90 Å². The maximum atomic E-state index is 6.35. The van der Waals surface area contributed by atoms with E-state index in [0.717, 1.165) is 26.2 Å². The Bertz CT molecular complexity index is 906. The fraction of sp³-hybridized carbons (Fsp3) is 0.0455. The van der Waals surface area contributed by atoms with Crippen molar-refractivity contribution in [1.82, 2.24) is 0 Å². The lowest BCUT2D eigenvalue weighted by atomic mass is 10.3. The number of hydrogen-bond donors (Lipinski definition) is 0. The third-order valence-electron chi connectivity index (χ3n) is 3.48. The lowest BCUT2D eigenvalue weighted by Gasteiger charge is -2.09. The molecule has 0 saturated heterocycles. The summed E-state index contributed by atoms with van der Waals surface area (Å²) in [4.78, 5) is 7.05. The summed E-state index contributed by atoms with van der Waals surface area (Å²) >= 11 is 9.63. The minimum Gasteiger partial charge on any atom is -0.241 e. The van der Waals surface area contributed by atoms with Crippen molar-refractivity contribution in [3.63, 3.8) is 0 Å². The highest BCUT2D eigenvalue weighted by atomic mass is 35.5. The van der Waals surface area contributed by atoms with E-state index >= 15 is 0 Å². The van der Waals surface area contributed by atoms with Crippen molar-refractivity contribution in [3.05, 3.63) is 101 Å². The summed E-state index contributed by atoms with van der Waals surface area (Å²) < 4.78 is 0. The maximum absolute atomic E-state index is 6.35. The van der Waals surface area contributed by atoms with Gasteiger partial charge in [-0.2, -0.15) is 0 Å². The Morgan fingerprint density at radius 1 is 0.846 bits per heavy atom. The Balaban J connectivity index is 1.89. The zero-order valence-electron chi connectivity index (χ0n) is 14.3. The lowest BCUT2D eigenvalue weighted by molar-refractivity contribution is 1.46. The molecule has 0 heterocycles. The van der Waals surface area contributed by atoms with Gasteiger partial charge in [0, 0.05) is 9.79 Å². The molecule has 3 aromatic carbocycles. The van der Waals surface area contributed by atoms with Gasteiger partial charge < -0.3 is 0 Å². The number of nitrogens with zero attached hydrogens (tertiary/aromatic N) is 1. The molecule has 0 bridgehead atoms. The van der Waals surface area contributed by atoms with Gasteiger partial charge in [-0.3, -0.25) is 0 Å². The zero-order valence-corrected chi connectivity index (χ0v) is 16.7. The summed E-state index contributed by atoms with van der Waals surface area (Å²) in [5.41, 5.74) is 2.03. The third-order valence-corrected chi connectivity index (χ3v) is 6.12. The average molecular weight is 396 g/mol. The molecule has 1 nitrogen and oxygen atoms in total. The molecule has 3 aromatic rings. The van der Waals surface area contributed by atoms with Crippen molar-refractivity contribution in [2.75, 3.05) is 0 Å². The molecule has 130 valence electrons. The molecule has 0 unspecified atom stereocenters. The van der Waals surface area contributed by atoms with Crippen LogP contribution in [0.2, 0.25) is 5.02 Å². The van der Waals surface area contributed by atoms with Crippen LogP contribution >= 0.6 is 35.1 Å². The number of aliphatic imine (C=N–C) groups is 1. The van der Waals surface area contributed by atoms with E-state index in [1.807, 2.05) is 72.8 Å². The molecule has 4 heteroatoms. The molecule has 0 radical (unpaired) electrons. The topological polar surface area (TPSA) is 12.4 Å². The molecular formula is C22H18ClNS2. The first-order valence-corrected chi connectivity index (χ1v) is 10.2. The molecule has 0 aromatic heterocycles. The molecular weight excluding hydrogens is 378 g/mol. The van der Waals surface area contributed by atoms with Gasteiger partial charge >= 0.3 is 0 Å². The van der Waals surface area contributed by atoms with Crippen LogP contribution in [0.1, 0.15) is 6.92 Å². The Morgan fingerprint density at radius 2 is 1.46 bits per heavy atom. The van der Waals surface area contributed by atoms with Gasteiger partial charge in [-0.25, -0.2) is 4.99 Å². The number of halogens is 1. The van der Waals surface area contributed by atoms with Crippen molar-refractivity contribution >= 4 is 45.9 Å². The monoisotopic (exact) mass is 395 g/mol. The molecule has 0 spiro atoms. The van der Waals surface area contributed by atoms with E-state index < -0.39 is 0 Å². The molecule has 0 aliphatic carbocycles. The van der Waals surface area contributed by atoms with Crippen LogP contribution in [0, 0.1) is 0 Å². The van der Waals surface area contributed by atoms with Crippen molar-refractivity contribution in [2.24, 2.45) is 4.99 Å². The smallest absolute Gasteiger partial charge is 0.105 e. The molecule has 0 N–H and O–H groups in total. The van der Waals surface area contributed by atoms with E-state index in [0.29, 0.717) is 0 Å². The SMILES string of the molecule is C/C(=C\Sc1ccccc1)C(=Nc1ccccc1)Sc1ccccc1Cl. The molecule has 0 fully saturated rings. The third kappa shape index (κ3) is 5.53. The number of hydrogen-bond acceptors (Lipinski definition) is 3. The van der Waals surface area contributed by atoms with Crippen LogP contribution < -0.4 is 0 Å². The Morgan fingerprint density at radius 3 is 2.15 bits per heavy atom. The lowest BCUT2D eigenvalue weighted by Crippen LogP contribution is -1.94. The second-order valence-corrected chi connectivity index (χ2v) is 7.90. The van der Waals surface area contributed by atoms with E-state index in [4.69, 9.17) is 16.6 Å². The van der Waals surface area contributed by atoms with Gasteiger partial charge in [0.2, 0.25) is 0 Å². The molecule has 0 aliphatic rings. The zero-order chi connectivity index (χ0) is 18.2. The van der Waals surface area contributed by atoms with Crippen LogP contribution in [0.15, 0.2) is 111 Å². The standard InChI is InChI=1S/C22H18ClNS2/c1-17(16-25-19-12-6-3-7-13-19)22(24-18-10-4-2-5-11-18)26-21-15-9-8-14-20(21)23/h2-16H,1H3/b17-16+,24-22?. The van der Waals surface area contributed by atoms with Crippen molar-refractivity contribution in [2.45, 2.75) is 16.7 Å². The van der Waals surface area contributed by atoms with Crippen LogP contribution in [0.5, 0.6) is 0 Å². The fourth-order valence-electron chi connectivity index (χ4n) is 2.15. The molecule has 0 saturated carbocycles. The van der Waals surface area contributed by atoms with E-state index in [2.05, 4.69) is 24.5 Å². The number of benzene rings is 3. The van der Waals surface area contributed by atoms with Crippen molar-refractivity contribution in [1.29, 1.82) is 0 Å². The predicted octanol–water partition coefficient (Wildman–Crippen LogP) is 7.86. The molecule has 26 heavy (non-hydrogen) atoms. The molecule has 3 rings (SSSR count). The number of thioether (sulfide) groups is 2. The van der Waals surface area contributed by atoms with Crippen LogP contribution in [0.3, 0.4) is 0 Å². The van der Waals surface area contributed by atoms with Crippen molar-refractivity contribution < 1.29 is 0 Å². The van der Waals surface area contributed by atoms with Crippen LogP contribution in [-0.4, -0.2) is 5.04 Å². The Kier molecular flexibility index (Phi) is 7.01. The van der Waals surface area contributed by atoms with Gasteiger partial charge in [-0.1, -0.05) is 83.7 Å². The summed E-state index contributed by atoms with van der Waals surface area (Å²) in [5.74, 6) is 0. The first-order valence-electron chi connectivity index (χ1n) is 8.17. The molecule has 0 aliphatic heterocycles. The Labute approximate surface area is 168 Å². The van der Waals surface area contributed by atoms with E-state index in [1.54, 1.807) is 23.5 Å². The summed E-state index contributed by atoms with van der Waals surface area (Å²) in [6, 6.07) is 28.2. The second-order valence-electron chi connectivity index (χ2n) is 5.52. The highest BCUT2D eigenvalue weighted by molar-refractivity contribution is 8.14. The molecule has 0 amide bonds. The van der Waals surface area contributed by atoms with Crippen LogP contribution in [0.25, 0.3) is 0 Å². The predicted molar refractivity (Wildman–Crippen MR) is 117 cm³/mol. The van der Waals surface area contributed by atoms with Gasteiger partial charge in [0.15, 0.2) is 0 Å². The summed E-state index contributed by atoms with van der Waals surface area (Å²) in [7, 11) is 0. The first kappa shape index (κ1) is 18.8. The van der Waals surface area contributed by atoms with E-state index in [9.17, 15) is 0 Å². The summed E-state index contributed by atoms with van der Waals surface area (Å²) in [6.07, 6.45) is 0. The number of rotatable bonds is 5. The quantitative estimate of drug-likeness (QED) is 0.247. The van der Waals surface area contributed by atoms with Crippen LogP contribution in [0.4, 0.5) is 5.69 Å². The summed E-state index contributed by atoms with van der Waals surface area (Å²) in [5, 5.41) is 3.82.